The summed E-state index contributed by atoms with van der Waals surface area (Å²) in [6, 6.07) is 1.22. The highest BCUT2D eigenvalue weighted by molar-refractivity contribution is 6.83. The van der Waals surface area contributed by atoms with Crippen molar-refractivity contribution in [2.24, 2.45) is 0 Å². The average molecular weight is 250 g/mol. The lowest BCUT2D eigenvalue weighted by Crippen LogP contribution is -2.16. The second-order valence-corrected chi connectivity index (χ2v) is 9.60. The lowest BCUT2D eigenvalue weighted by atomic mass is 10.2. The molecule has 0 unspecified atom stereocenters. The lowest BCUT2D eigenvalue weighted by Gasteiger charge is -2.04. The quantitative estimate of drug-likeness (QED) is 0.565. The van der Waals surface area contributed by atoms with Gasteiger partial charge >= 0.3 is 0 Å². The fourth-order valence-corrected chi connectivity index (χ4v) is 1.88. The minimum absolute atomic E-state index is 0.131. The lowest BCUT2D eigenvalue weighted by molar-refractivity contribution is 0.585. The molecular formula is C12H12F2N2Si. The van der Waals surface area contributed by atoms with Crippen molar-refractivity contribution < 1.29 is 8.78 Å². The van der Waals surface area contributed by atoms with Crippen LogP contribution in [0.3, 0.4) is 0 Å². The molecule has 0 saturated carbocycles. The van der Waals surface area contributed by atoms with Crippen LogP contribution >= 0.6 is 0 Å². The third-order valence-electron chi connectivity index (χ3n) is 2.17. The van der Waals surface area contributed by atoms with E-state index in [0.29, 0.717) is 5.52 Å². The minimum Gasteiger partial charge on any atom is -0.344 e. The first-order valence-corrected chi connectivity index (χ1v) is 8.73. The van der Waals surface area contributed by atoms with Gasteiger partial charge in [-0.15, -0.1) is 5.54 Å². The Balaban J connectivity index is 2.64. The largest absolute Gasteiger partial charge is 0.344 e. The Morgan fingerprint density at radius 1 is 1.29 bits per heavy atom. The van der Waals surface area contributed by atoms with Crippen LogP contribution in [0.2, 0.25) is 19.6 Å². The summed E-state index contributed by atoms with van der Waals surface area (Å²) in [5, 5.41) is 0. The Morgan fingerprint density at radius 2 is 2.00 bits per heavy atom. The Labute approximate surface area is 99.1 Å². The van der Waals surface area contributed by atoms with Crippen LogP contribution in [0.4, 0.5) is 8.78 Å². The molecule has 1 N–H and O–H groups in total. The molecule has 0 aliphatic heterocycles. The van der Waals surface area contributed by atoms with Gasteiger partial charge in [-0.3, -0.25) is 0 Å². The van der Waals surface area contributed by atoms with Gasteiger partial charge in [-0.2, -0.15) is 0 Å². The molecular weight excluding hydrogens is 238 g/mol. The molecule has 2 aromatic rings. The predicted octanol–water partition coefficient (Wildman–Crippen LogP) is 3.07. The van der Waals surface area contributed by atoms with E-state index >= 15 is 0 Å². The van der Waals surface area contributed by atoms with E-state index in [2.05, 4.69) is 21.4 Å². The maximum atomic E-state index is 13.9. The molecule has 5 heteroatoms. The highest BCUT2D eigenvalue weighted by Crippen LogP contribution is 2.20. The zero-order chi connectivity index (χ0) is 12.6. The third kappa shape index (κ3) is 2.37. The first-order valence-electron chi connectivity index (χ1n) is 5.23. The van der Waals surface area contributed by atoms with Gasteiger partial charge in [0.2, 0.25) is 0 Å². The molecule has 0 fully saturated rings. The number of hydrogen-bond donors (Lipinski definition) is 1. The number of fused-ring (bicyclic) bond motifs is 1. The topological polar surface area (TPSA) is 28.7 Å². The van der Waals surface area contributed by atoms with Crippen LogP contribution in [0.5, 0.6) is 0 Å². The number of nitrogens with zero attached hydrogens (tertiary/aromatic N) is 1. The van der Waals surface area contributed by atoms with Gasteiger partial charge in [0.1, 0.15) is 19.4 Å². The Morgan fingerprint density at radius 3 is 2.65 bits per heavy atom. The number of H-pyrrole nitrogens is 1. The normalized spacial score (nSPS) is 11.4. The number of rotatable bonds is 0. The maximum Gasteiger partial charge on any atom is 0.169 e. The van der Waals surface area contributed by atoms with E-state index < -0.39 is 19.7 Å². The van der Waals surface area contributed by atoms with E-state index in [0.717, 1.165) is 0 Å². The second-order valence-electron chi connectivity index (χ2n) is 4.85. The van der Waals surface area contributed by atoms with E-state index in [1.807, 2.05) is 19.6 Å². The third-order valence-corrected chi connectivity index (χ3v) is 3.04. The molecule has 0 aliphatic rings. The van der Waals surface area contributed by atoms with Crippen LogP contribution in [-0.2, 0) is 0 Å². The molecule has 2 nitrogen and oxygen atoms in total. The molecule has 1 heterocycles. The maximum absolute atomic E-state index is 13.9. The summed E-state index contributed by atoms with van der Waals surface area (Å²) in [4.78, 5) is 6.48. The van der Waals surface area contributed by atoms with Crippen LogP contribution in [0.25, 0.3) is 11.0 Å². The van der Waals surface area contributed by atoms with Crippen molar-refractivity contribution in [3.63, 3.8) is 0 Å². The standard InChI is InChI=1S/C12H12F2N2Si/c1-17(2,3)5-4-8-9(13)6-10-12(11(8)14)16-7-15-10/h6-7H,1-3H3,(H,15,16). The summed E-state index contributed by atoms with van der Waals surface area (Å²) in [7, 11) is -1.66. The second kappa shape index (κ2) is 3.97. The van der Waals surface area contributed by atoms with Gasteiger partial charge in [0, 0.05) is 6.07 Å². The monoisotopic (exact) mass is 250 g/mol. The number of hydrogen-bond acceptors (Lipinski definition) is 1. The SMILES string of the molecule is C[Si](C)(C)C#Cc1c(F)cc2[nH]cnc2c1F. The minimum atomic E-state index is -1.66. The molecule has 0 bridgehead atoms. The molecule has 0 radical (unpaired) electrons. The molecule has 2 rings (SSSR count). The van der Waals surface area contributed by atoms with E-state index in [1.54, 1.807) is 0 Å². The van der Waals surface area contributed by atoms with E-state index in [4.69, 9.17) is 0 Å². The van der Waals surface area contributed by atoms with Gasteiger partial charge in [0.25, 0.3) is 0 Å². The molecule has 1 aromatic heterocycles. The highest BCUT2D eigenvalue weighted by Gasteiger charge is 2.15. The van der Waals surface area contributed by atoms with Crippen molar-refractivity contribution in [1.29, 1.82) is 0 Å². The van der Waals surface area contributed by atoms with Gasteiger partial charge < -0.3 is 4.98 Å². The zero-order valence-corrected chi connectivity index (χ0v) is 10.9. The molecule has 17 heavy (non-hydrogen) atoms. The summed E-state index contributed by atoms with van der Waals surface area (Å²) < 4.78 is 27.6. The summed E-state index contributed by atoms with van der Waals surface area (Å²) in [6.45, 7) is 6.05. The summed E-state index contributed by atoms with van der Waals surface area (Å²) >= 11 is 0. The van der Waals surface area contributed by atoms with Crippen molar-refractivity contribution >= 4 is 19.1 Å². The average Bonchev–Trinajstić information content (AvgIpc) is 2.63. The number of aromatic amines is 1. The molecule has 0 amide bonds. The van der Waals surface area contributed by atoms with Crippen LogP contribution in [0.15, 0.2) is 12.4 Å². The van der Waals surface area contributed by atoms with Crippen LogP contribution in [0, 0.1) is 23.1 Å². The number of nitrogens with one attached hydrogen (secondary N) is 1. The molecule has 1 aromatic carbocycles. The van der Waals surface area contributed by atoms with E-state index in [1.165, 1.54) is 12.4 Å². The van der Waals surface area contributed by atoms with Crippen molar-refractivity contribution in [3.05, 3.63) is 29.6 Å². The van der Waals surface area contributed by atoms with Crippen molar-refractivity contribution in [2.45, 2.75) is 19.6 Å². The predicted molar refractivity (Wildman–Crippen MR) is 66.2 cm³/mol. The van der Waals surface area contributed by atoms with E-state index in [-0.39, 0.29) is 11.1 Å². The molecule has 0 spiro atoms. The van der Waals surface area contributed by atoms with Gasteiger partial charge in [0.15, 0.2) is 5.82 Å². The number of benzene rings is 1. The van der Waals surface area contributed by atoms with Crippen LogP contribution in [0.1, 0.15) is 5.56 Å². The van der Waals surface area contributed by atoms with Gasteiger partial charge in [-0.25, -0.2) is 13.8 Å². The first-order chi connectivity index (χ1) is 7.88. The molecule has 88 valence electrons. The molecule has 0 saturated heterocycles. The molecule has 0 atom stereocenters. The van der Waals surface area contributed by atoms with Crippen molar-refractivity contribution in [3.8, 4) is 11.5 Å². The number of aromatic nitrogens is 2. The Hall–Kier alpha value is -1.67. The summed E-state index contributed by atoms with van der Waals surface area (Å²) in [5.74, 6) is 1.27. The van der Waals surface area contributed by atoms with E-state index in [9.17, 15) is 8.78 Å². The Bertz CT molecular complexity index is 629. The van der Waals surface area contributed by atoms with Gasteiger partial charge in [-0.05, 0) is 0 Å². The van der Waals surface area contributed by atoms with Gasteiger partial charge in [0.05, 0.1) is 17.4 Å². The number of imidazole rings is 1. The van der Waals surface area contributed by atoms with Crippen molar-refractivity contribution in [1.82, 2.24) is 9.97 Å². The fourth-order valence-electron chi connectivity index (χ4n) is 1.38. The van der Waals surface area contributed by atoms with Crippen LogP contribution in [-0.4, -0.2) is 18.0 Å². The zero-order valence-electron chi connectivity index (χ0n) is 9.86. The highest BCUT2D eigenvalue weighted by atomic mass is 28.3. The number of halogens is 2. The Kier molecular flexibility index (Phi) is 2.75. The van der Waals surface area contributed by atoms with Gasteiger partial charge in [-0.1, -0.05) is 25.6 Å². The smallest absolute Gasteiger partial charge is 0.169 e. The molecule has 0 aliphatic carbocycles. The fraction of sp³-hybridized carbons (Fsp3) is 0.250. The summed E-state index contributed by atoms with van der Waals surface area (Å²) in [6.07, 6.45) is 1.34. The van der Waals surface area contributed by atoms with Crippen molar-refractivity contribution in [2.75, 3.05) is 0 Å². The van der Waals surface area contributed by atoms with Crippen LogP contribution < -0.4 is 0 Å². The first kappa shape index (κ1) is 11.8. The summed E-state index contributed by atoms with van der Waals surface area (Å²) in [5.41, 5.74) is 3.24.